The lowest BCUT2D eigenvalue weighted by Gasteiger charge is -2.06. The normalized spacial score (nSPS) is 14.0. The molecule has 0 atom stereocenters. The third-order valence-electron chi connectivity index (χ3n) is 4.52. The van der Waals surface area contributed by atoms with Crippen LogP contribution >= 0.6 is 11.6 Å². The molecule has 1 aliphatic heterocycles. The van der Waals surface area contributed by atoms with E-state index in [4.69, 9.17) is 11.6 Å². The lowest BCUT2D eigenvalue weighted by molar-refractivity contribution is 0.0697. The van der Waals surface area contributed by atoms with E-state index in [0.717, 1.165) is 37.5 Å². The largest absolute Gasteiger partial charge is 0.478 e. The number of aromatic nitrogens is 6. The van der Waals surface area contributed by atoms with Crippen molar-refractivity contribution in [1.82, 2.24) is 29.8 Å². The summed E-state index contributed by atoms with van der Waals surface area (Å²) < 4.78 is 3.79. The highest BCUT2D eigenvalue weighted by atomic mass is 35.5. The van der Waals surface area contributed by atoms with Gasteiger partial charge in [-0.3, -0.25) is 0 Å². The van der Waals surface area contributed by atoms with E-state index in [1.165, 1.54) is 12.5 Å². The van der Waals surface area contributed by atoms with Crippen LogP contribution < -0.4 is 0 Å². The maximum Gasteiger partial charge on any atom is 0.336 e. The number of carbonyl (C=O) groups is 1. The van der Waals surface area contributed by atoms with Crippen LogP contribution in [0.5, 0.6) is 0 Å². The zero-order valence-electron chi connectivity index (χ0n) is 14.0. The molecule has 0 unspecified atom stereocenters. The van der Waals surface area contributed by atoms with E-state index in [9.17, 15) is 9.90 Å². The Kier molecular flexibility index (Phi) is 4.42. The number of halogens is 1. The molecule has 0 saturated heterocycles. The lowest BCUT2D eigenvalue weighted by Crippen LogP contribution is -2.10. The predicted molar refractivity (Wildman–Crippen MR) is 94.1 cm³/mol. The van der Waals surface area contributed by atoms with E-state index in [2.05, 4.69) is 25.1 Å². The quantitative estimate of drug-likeness (QED) is 0.755. The van der Waals surface area contributed by atoms with Gasteiger partial charge in [0, 0.05) is 23.6 Å². The average Bonchev–Trinajstić information content (AvgIpc) is 3.16. The van der Waals surface area contributed by atoms with Crippen molar-refractivity contribution >= 4 is 17.6 Å². The van der Waals surface area contributed by atoms with Crippen molar-refractivity contribution < 1.29 is 9.90 Å². The fourth-order valence-corrected chi connectivity index (χ4v) is 3.39. The van der Waals surface area contributed by atoms with Gasteiger partial charge in [0.05, 0.1) is 11.8 Å². The van der Waals surface area contributed by atoms with Gasteiger partial charge in [-0.15, -0.1) is 15.3 Å². The minimum atomic E-state index is -1.03. The molecule has 26 heavy (non-hydrogen) atoms. The van der Waals surface area contributed by atoms with E-state index in [0.29, 0.717) is 22.8 Å². The van der Waals surface area contributed by atoms with Gasteiger partial charge < -0.3 is 9.67 Å². The third-order valence-corrected chi connectivity index (χ3v) is 4.75. The molecule has 3 heterocycles. The van der Waals surface area contributed by atoms with Gasteiger partial charge in [-0.1, -0.05) is 23.2 Å². The molecule has 134 valence electrons. The van der Waals surface area contributed by atoms with Crippen LogP contribution in [0.4, 0.5) is 0 Å². The molecular formula is C17H17ClN6O2. The van der Waals surface area contributed by atoms with Crippen molar-refractivity contribution in [2.24, 2.45) is 0 Å². The van der Waals surface area contributed by atoms with Gasteiger partial charge >= 0.3 is 5.97 Å². The van der Waals surface area contributed by atoms with Gasteiger partial charge in [-0.25, -0.2) is 9.48 Å². The number of carboxylic acids is 1. The van der Waals surface area contributed by atoms with Crippen LogP contribution in [0.3, 0.4) is 0 Å². The summed E-state index contributed by atoms with van der Waals surface area (Å²) in [7, 11) is 0. The molecule has 0 bridgehead atoms. The topological polar surface area (TPSA) is 98.7 Å². The molecule has 0 saturated carbocycles. The van der Waals surface area contributed by atoms with Crippen molar-refractivity contribution in [2.75, 3.05) is 0 Å². The summed E-state index contributed by atoms with van der Waals surface area (Å²) in [6.45, 7) is 1.35. The van der Waals surface area contributed by atoms with Crippen LogP contribution in [0.25, 0.3) is 11.3 Å². The zero-order chi connectivity index (χ0) is 18.1. The van der Waals surface area contributed by atoms with Crippen LogP contribution in [0.15, 0.2) is 24.4 Å². The van der Waals surface area contributed by atoms with E-state index in [1.807, 2.05) is 0 Å². The second-order valence-corrected chi connectivity index (χ2v) is 6.73. The van der Waals surface area contributed by atoms with Crippen molar-refractivity contribution in [3.63, 3.8) is 0 Å². The molecule has 0 radical (unpaired) electrons. The number of hydrogen-bond donors (Lipinski definition) is 1. The van der Waals surface area contributed by atoms with Crippen molar-refractivity contribution in [2.45, 2.75) is 38.8 Å². The molecule has 9 heteroatoms. The molecule has 0 fully saturated rings. The fraction of sp³-hybridized carbons (Fsp3) is 0.353. The number of aromatic carboxylic acids is 1. The molecule has 4 rings (SSSR count). The highest BCUT2D eigenvalue weighted by Gasteiger charge is 2.18. The standard InChI is InChI=1S/C17H17ClN6O2/c18-11-5-6-12(17(25)26)13(8-11)14-9-23(22-19-14)10-16-21-20-15-4-2-1-3-7-24(15)16/h5-6,8-9H,1-4,7,10H2,(H,25,26). The van der Waals surface area contributed by atoms with Crippen LogP contribution in [-0.4, -0.2) is 40.8 Å². The molecule has 0 amide bonds. The third kappa shape index (κ3) is 3.20. The van der Waals surface area contributed by atoms with Gasteiger partial charge in [0.25, 0.3) is 0 Å². The summed E-state index contributed by atoms with van der Waals surface area (Å²) in [6.07, 6.45) is 6.10. The van der Waals surface area contributed by atoms with E-state index >= 15 is 0 Å². The van der Waals surface area contributed by atoms with Crippen molar-refractivity contribution in [1.29, 1.82) is 0 Å². The first-order valence-electron chi connectivity index (χ1n) is 8.46. The van der Waals surface area contributed by atoms with Crippen molar-refractivity contribution in [3.05, 3.63) is 46.6 Å². The number of aryl methyl sites for hydroxylation is 1. The van der Waals surface area contributed by atoms with E-state index in [1.54, 1.807) is 23.0 Å². The summed E-state index contributed by atoms with van der Waals surface area (Å²) in [5.74, 6) is 0.817. The van der Waals surface area contributed by atoms with Crippen LogP contribution in [-0.2, 0) is 19.5 Å². The second-order valence-electron chi connectivity index (χ2n) is 6.29. The summed E-state index contributed by atoms with van der Waals surface area (Å²) in [4.78, 5) is 11.4. The number of rotatable bonds is 4. The Morgan fingerprint density at radius 2 is 2.08 bits per heavy atom. The van der Waals surface area contributed by atoms with E-state index < -0.39 is 5.97 Å². The summed E-state index contributed by atoms with van der Waals surface area (Å²) in [6, 6.07) is 4.60. The Labute approximate surface area is 154 Å². The molecule has 0 spiro atoms. The monoisotopic (exact) mass is 372 g/mol. The molecular weight excluding hydrogens is 356 g/mol. The number of nitrogens with zero attached hydrogens (tertiary/aromatic N) is 6. The molecule has 1 aromatic carbocycles. The smallest absolute Gasteiger partial charge is 0.336 e. The second kappa shape index (κ2) is 6.87. The molecule has 8 nitrogen and oxygen atoms in total. The minimum Gasteiger partial charge on any atom is -0.478 e. The first-order valence-corrected chi connectivity index (χ1v) is 8.84. The molecule has 1 aliphatic rings. The lowest BCUT2D eigenvalue weighted by atomic mass is 10.1. The summed E-state index contributed by atoms with van der Waals surface area (Å²) in [5.41, 5.74) is 1.04. The summed E-state index contributed by atoms with van der Waals surface area (Å²) >= 11 is 6.02. The minimum absolute atomic E-state index is 0.137. The van der Waals surface area contributed by atoms with Crippen LogP contribution in [0.2, 0.25) is 5.02 Å². The Balaban J connectivity index is 1.63. The number of fused-ring (bicyclic) bond motifs is 1. The number of carboxylic acid groups (broad SMARTS) is 1. The molecule has 1 N–H and O–H groups in total. The van der Waals surface area contributed by atoms with Gasteiger partial charge in [0.1, 0.15) is 18.1 Å². The van der Waals surface area contributed by atoms with Gasteiger partial charge in [0.15, 0.2) is 5.82 Å². The fourth-order valence-electron chi connectivity index (χ4n) is 3.22. The average molecular weight is 373 g/mol. The molecule has 3 aromatic rings. The highest BCUT2D eigenvalue weighted by molar-refractivity contribution is 6.31. The zero-order valence-corrected chi connectivity index (χ0v) is 14.7. The Morgan fingerprint density at radius 1 is 1.19 bits per heavy atom. The van der Waals surface area contributed by atoms with Crippen LogP contribution in [0, 0.1) is 0 Å². The SMILES string of the molecule is O=C(O)c1ccc(Cl)cc1-c1cn(Cc2nnc3n2CCCCC3)nn1. The molecule has 2 aromatic heterocycles. The van der Waals surface area contributed by atoms with Gasteiger partial charge in [-0.2, -0.15) is 0 Å². The van der Waals surface area contributed by atoms with Crippen LogP contribution in [0.1, 0.15) is 41.3 Å². The Morgan fingerprint density at radius 3 is 2.92 bits per heavy atom. The summed E-state index contributed by atoms with van der Waals surface area (Å²) in [5, 5.41) is 26.6. The van der Waals surface area contributed by atoms with Gasteiger partial charge in [-0.05, 0) is 31.0 Å². The molecule has 0 aliphatic carbocycles. The maximum absolute atomic E-state index is 11.4. The van der Waals surface area contributed by atoms with E-state index in [-0.39, 0.29) is 5.56 Å². The first-order chi connectivity index (χ1) is 12.6. The number of hydrogen-bond acceptors (Lipinski definition) is 5. The predicted octanol–water partition coefficient (Wildman–Crippen LogP) is 2.66. The first kappa shape index (κ1) is 16.7. The maximum atomic E-state index is 11.4. The van der Waals surface area contributed by atoms with Gasteiger partial charge in [0.2, 0.25) is 0 Å². The Hall–Kier alpha value is -2.74. The van der Waals surface area contributed by atoms with Crippen molar-refractivity contribution in [3.8, 4) is 11.3 Å². The highest BCUT2D eigenvalue weighted by Crippen LogP contribution is 2.25. The Bertz CT molecular complexity index is 964. The number of benzene rings is 1.